The van der Waals surface area contributed by atoms with Gasteiger partial charge in [0.05, 0.1) is 0 Å². The summed E-state index contributed by atoms with van der Waals surface area (Å²) in [6, 6.07) is 14.5. The van der Waals surface area contributed by atoms with E-state index in [4.69, 9.17) is 0 Å². The third-order valence-corrected chi connectivity index (χ3v) is 5.48. The minimum Gasteiger partial charge on any atom is -0.326 e. The standard InChI is InChI=1S/C26H33N3O3/c1-17(2)13-24(30)27-21-9-11-22(12-10-21)28-26(32)23-15-19-7-5-6-8-20(19)16-29(23)25(31)14-18(3)4/h5-12,17-18,23H,13-16H2,1-4H3,(H,27,30)(H,28,32). The molecule has 6 nitrogen and oxygen atoms in total. The fraction of sp³-hybridized carbons (Fsp3) is 0.423. The van der Waals surface area contributed by atoms with Crippen LogP contribution in [0.5, 0.6) is 0 Å². The molecule has 0 saturated heterocycles. The normalized spacial score (nSPS) is 15.4. The van der Waals surface area contributed by atoms with Gasteiger partial charge in [0.2, 0.25) is 17.7 Å². The van der Waals surface area contributed by atoms with Crippen molar-refractivity contribution in [1.29, 1.82) is 0 Å². The van der Waals surface area contributed by atoms with Gasteiger partial charge in [-0.3, -0.25) is 14.4 Å². The molecule has 2 aromatic rings. The highest BCUT2D eigenvalue weighted by Crippen LogP contribution is 2.26. The highest BCUT2D eigenvalue weighted by molar-refractivity contribution is 5.98. The molecule has 32 heavy (non-hydrogen) atoms. The van der Waals surface area contributed by atoms with E-state index in [0.717, 1.165) is 11.1 Å². The van der Waals surface area contributed by atoms with Crippen LogP contribution in [-0.4, -0.2) is 28.7 Å². The molecular formula is C26H33N3O3. The summed E-state index contributed by atoms with van der Waals surface area (Å²) in [4.78, 5) is 39.8. The van der Waals surface area contributed by atoms with E-state index >= 15 is 0 Å². The quantitative estimate of drug-likeness (QED) is 0.667. The third kappa shape index (κ3) is 6.19. The Morgan fingerprint density at radius 2 is 1.41 bits per heavy atom. The third-order valence-electron chi connectivity index (χ3n) is 5.48. The van der Waals surface area contributed by atoms with Crippen LogP contribution in [0.1, 0.15) is 51.7 Å². The van der Waals surface area contributed by atoms with Gasteiger partial charge in [-0.2, -0.15) is 0 Å². The second-order valence-corrected chi connectivity index (χ2v) is 9.32. The first-order valence-electron chi connectivity index (χ1n) is 11.3. The summed E-state index contributed by atoms with van der Waals surface area (Å²) in [5.74, 6) is 0.278. The lowest BCUT2D eigenvalue weighted by Gasteiger charge is -2.36. The van der Waals surface area contributed by atoms with Gasteiger partial charge in [0.15, 0.2) is 0 Å². The fourth-order valence-corrected chi connectivity index (χ4v) is 3.93. The smallest absolute Gasteiger partial charge is 0.247 e. The first-order valence-corrected chi connectivity index (χ1v) is 11.3. The van der Waals surface area contributed by atoms with Crippen molar-refractivity contribution in [3.05, 3.63) is 59.7 Å². The predicted octanol–water partition coefficient (Wildman–Crippen LogP) is 4.61. The van der Waals surface area contributed by atoms with Crippen molar-refractivity contribution in [2.75, 3.05) is 10.6 Å². The number of anilines is 2. The topological polar surface area (TPSA) is 78.5 Å². The lowest BCUT2D eigenvalue weighted by molar-refractivity contribution is -0.140. The number of hydrogen-bond donors (Lipinski definition) is 2. The molecule has 3 amide bonds. The number of amides is 3. The Labute approximate surface area is 190 Å². The molecule has 1 heterocycles. The van der Waals surface area contributed by atoms with E-state index in [-0.39, 0.29) is 29.6 Å². The van der Waals surface area contributed by atoms with Crippen molar-refractivity contribution < 1.29 is 14.4 Å². The zero-order valence-electron chi connectivity index (χ0n) is 19.4. The molecule has 170 valence electrons. The van der Waals surface area contributed by atoms with Gasteiger partial charge in [-0.15, -0.1) is 0 Å². The van der Waals surface area contributed by atoms with Crippen LogP contribution < -0.4 is 10.6 Å². The molecule has 1 atom stereocenters. The summed E-state index contributed by atoms with van der Waals surface area (Å²) >= 11 is 0. The van der Waals surface area contributed by atoms with E-state index in [1.807, 2.05) is 52.0 Å². The molecule has 0 saturated carbocycles. The average molecular weight is 436 g/mol. The van der Waals surface area contributed by atoms with E-state index in [1.165, 1.54) is 0 Å². The molecule has 1 aliphatic heterocycles. The summed E-state index contributed by atoms with van der Waals surface area (Å²) < 4.78 is 0. The summed E-state index contributed by atoms with van der Waals surface area (Å²) in [6.07, 6.45) is 1.37. The van der Waals surface area contributed by atoms with E-state index < -0.39 is 6.04 Å². The first-order chi connectivity index (χ1) is 15.2. The zero-order valence-corrected chi connectivity index (χ0v) is 19.4. The minimum absolute atomic E-state index is 0.00198. The van der Waals surface area contributed by atoms with Crippen LogP contribution in [0.25, 0.3) is 0 Å². The Morgan fingerprint density at radius 1 is 0.844 bits per heavy atom. The second kappa shape index (κ2) is 10.4. The summed E-state index contributed by atoms with van der Waals surface area (Å²) in [5, 5.41) is 5.81. The lowest BCUT2D eigenvalue weighted by atomic mass is 9.92. The SMILES string of the molecule is CC(C)CC(=O)Nc1ccc(NC(=O)C2Cc3ccccc3CN2C(=O)CC(C)C)cc1. The molecule has 0 fully saturated rings. The van der Waals surface area contributed by atoms with Crippen LogP contribution in [0.4, 0.5) is 11.4 Å². The first kappa shape index (κ1) is 23.5. The maximum absolute atomic E-state index is 13.2. The van der Waals surface area contributed by atoms with Gasteiger partial charge in [0, 0.05) is 37.2 Å². The van der Waals surface area contributed by atoms with Crippen LogP contribution in [0, 0.1) is 11.8 Å². The van der Waals surface area contributed by atoms with Crippen LogP contribution >= 0.6 is 0 Å². The van der Waals surface area contributed by atoms with Gasteiger partial charge >= 0.3 is 0 Å². The number of nitrogens with zero attached hydrogens (tertiary/aromatic N) is 1. The second-order valence-electron chi connectivity index (χ2n) is 9.32. The number of benzene rings is 2. The number of carbonyl (C=O) groups is 3. The summed E-state index contributed by atoms with van der Waals surface area (Å²) in [5.41, 5.74) is 3.51. The molecule has 0 aromatic heterocycles. The Kier molecular flexibility index (Phi) is 7.67. The minimum atomic E-state index is -0.554. The van der Waals surface area contributed by atoms with Crippen molar-refractivity contribution in [3.63, 3.8) is 0 Å². The van der Waals surface area contributed by atoms with Gasteiger partial charge in [0.25, 0.3) is 0 Å². The fourth-order valence-electron chi connectivity index (χ4n) is 3.93. The largest absolute Gasteiger partial charge is 0.326 e. The molecule has 2 aromatic carbocycles. The van der Waals surface area contributed by atoms with Gasteiger partial charge < -0.3 is 15.5 Å². The number of nitrogens with one attached hydrogen (secondary N) is 2. The Morgan fingerprint density at radius 3 is 2.00 bits per heavy atom. The predicted molar refractivity (Wildman–Crippen MR) is 127 cm³/mol. The Hall–Kier alpha value is -3.15. The van der Waals surface area contributed by atoms with Crippen molar-refractivity contribution in [1.82, 2.24) is 4.90 Å². The Bertz CT molecular complexity index is 967. The lowest BCUT2D eigenvalue weighted by Crippen LogP contribution is -2.50. The molecule has 0 radical (unpaired) electrons. The van der Waals surface area contributed by atoms with E-state index in [0.29, 0.717) is 37.2 Å². The van der Waals surface area contributed by atoms with E-state index in [9.17, 15) is 14.4 Å². The van der Waals surface area contributed by atoms with Gasteiger partial charge in [-0.1, -0.05) is 52.0 Å². The number of rotatable bonds is 7. The van der Waals surface area contributed by atoms with Crippen molar-refractivity contribution in [2.24, 2.45) is 11.8 Å². The highest BCUT2D eigenvalue weighted by atomic mass is 16.2. The number of hydrogen-bond acceptors (Lipinski definition) is 3. The maximum Gasteiger partial charge on any atom is 0.247 e. The number of fused-ring (bicyclic) bond motifs is 1. The monoisotopic (exact) mass is 435 g/mol. The molecule has 3 rings (SSSR count). The maximum atomic E-state index is 13.2. The van der Waals surface area contributed by atoms with Gasteiger partial charge in [-0.25, -0.2) is 0 Å². The molecule has 1 aliphatic rings. The van der Waals surface area contributed by atoms with Crippen LogP contribution in [0.2, 0.25) is 0 Å². The summed E-state index contributed by atoms with van der Waals surface area (Å²) in [7, 11) is 0. The molecule has 6 heteroatoms. The molecule has 0 spiro atoms. The van der Waals surface area contributed by atoms with Crippen LogP contribution in [0.3, 0.4) is 0 Å². The average Bonchev–Trinajstić information content (AvgIpc) is 2.73. The van der Waals surface area contributed by atoms with Crippen LogP contribution in [0.15, 0.2) is 48.5 Å². The molecule has 0 aliphatic carbocycles. The van der Waals surface area contributed by atoms with Crippen LogP contribution in [-0.2, 0) is 27.3 Å². The molecule has 0 bridgehead atoms. The molecule has 1 unspecified atom stereocenters. The van der Waals surface area contributed by atoms with Crippen molar-refractivity contribution in [3.8, 4) is 0 Å². The molecule has 2 N–H and O–H groups in total. The van der Waals surface area contributed by atoms with E-state index in [2.05, 4.69) is 10.6 Å². The van der Waals surface area contributed by atoms with Crippen molar-refractivity contribution >= 4 is 29.1 Å². The van der Waals surface area contributed by atoms with Gasteiger partial charge in [0.1, 0.15) is 6.04 Å². The Balaban J connectivity index is 1.71. The van der Waals surface area contributed by atoms with Gasteiger partial charge in [-0.05, 0) is 47.2 Å². The highest BCUT2D eigenvalue weighted by Gasteiger charge is 2.34. The zero-order chi connectivity index (χ0) is 23.3. The molecular weight excluding hydrogens is 402 g/mol. The van der Waals surface area contributed by atoms with Crippen molar-refractivity contribution in [2.45, 2.75) is 59.5 Å². The summed E-state index contributed by atoms with van der Waals surface area (Å²) in [6.45, 7) is 8.45. The van der Waals surface area contributed by atoms with E-state index in [1.54, 1.807) is 29.2 Å². The number of carbonyl (C=O) groups excluding carboxylic acids is 3.